The molecular weight excluding hydrogens is 330 g/mol. The Morgan fingerprint density at radius 1 is 1.30 bits per heavy atom. The molecule has 0 saturated carbocycles. The lowest BCUT2D eigenvalue weighted by molar-refractivity contribution is 0.597. The van der Waals surface area contributed by atoms with Gasteiger partial charge in [0.15, 0.2) is 14.9 Å². The summed E-state index contributed by atoms with van der Waals surface area (Å²) < 4.78 is 23.4. The van der Waals surface area contributed by atoms with Gasteiger partial charge in [-0.3, -0.25) is 5.43 Å². The lowest BCUT2D eigenvalue weighted by Crippen LogP contribution is -2.34. The predicted octanol–water partition coefficient (Wildman–Crippen LogP) is 2.60. The number of allylic oxidation sites excluding steroid dienone is 1. The first-order valence-electron chi connectivity index (χ1n) is 7.41. The Morgan fingerprint density at radius 3 is 2.52 bits per heavy atom. The normalized spacial score (nSPS) is 12.2. The zero-order valence-electron chi connectivity index (χ0n) is 13.6. The summed E-state index contributed by atoms with van der Waals surface area (Å²) in [6, 6.07) is 6.74. The molecule has 23 heavy (non-hydrogen) atoms. The molecule has 0 saturated heterocycles. The van der Waals surface area contributed by atoms with Gasteiger partial charge in [-0.15, -0.1) is 0 Å². The molecule has 126 valence electrons. The third-order valence-corrected chi connectivity index (χ3v) is 4.89. The Kier molecular flexibility index (Phi) is 7.91. The number of hydrazone groups is 1. The maximum Gasteiger partial charge on any atom is 0.186 e. The van der Waals surface area contributed by atoms with Gasteiger partial charge in [0.25, 0.3) is 0 Å². The van der Waals surface area contributed by atoms with Gasteiger partial charge in [0.2, 0.25) is 0 Å². The molecule has 0 spiro atoms. The fourth-order valence-electron chi connectivity index (χ4n) is 1.58. The lowest BCUT2D eigenvalue weighted by atomic mass is 10.2. The highest BCUT2D eigenvalue weighted by molar-refractivity contribution is 7.91. The Bertz CT molecular complexity index is 663. The molecule has 7 heteroatoms. The highest BCUT2D eigenvalue weighted by Gasteiger charge is 2.09. The number of nitrogens with zero attached hydrogens (tertiary/aromatic N) is 1. The van der Waals surface area contributed by atoms with Gasteiger partial charge >= 0.3 is 0 Å². The molecule has 0 radical (unpaired) electrons. The van der Waals surface area contributed by atoms with Crippen LogP contribution in [0.25, 0.3) is 6.08 Å². The van der Waals surface area contributed by atoms with E-state index in [2.05, 4.69) is 29.7 Å². The van der Waals surface area contributed by atoms with Crippen molar-refractivity contribution in [2.24, 2.45) is 11.0 Å². The molecule has 1 aromatic carbocycles. The number of hydrogen-bond donors (Lipinski definition) is 2. The van der Waals surface area contributed by atoms with E-state index in [0.29, 0.717) is 15.9 Å². The summed E-state index contributed by atoms with van der Waals surface area (Å²) >= 11 is 5.06. The molecule has 0 aliphatic heterocycles. The van der Waals surface area contributed by atoms with Crippen LogP contribution in [0.3, 0.4) is 0 Å². The van der Waals surface area contributed by atoms with E-state index in [1.165, 1.54) is 0 Å². The van der Waals surface area contributed by atoms with Crippen molar-refractivity contribution in [3.63, 3.8) is 0 Å². The third-order valence-electron chi connectivity index (χ3n) is 2.91. The van der Waals surface area contributed by atoms with Gasteiger partial charge in [-0.2, -0.15) is 5.10 Å². The van der Waals surface area contributed by atoms with Crippen LogP contribution < -0.4 is 10.7 Å². The number of rotatable bonds is 7. The Balaban J connectivity index is 2.49. The van der Waals surface area contributed by atoms with Gasteiger partial charge in [0, 0.05) is 12.8 Å². The van der Waals surface area contributed by atoms with Crippen LogP contribution in [0.15, 0.2) is 40.3 Å². The molecule has 5 nitrogen and oxygen atoms in total. The fraction of sp³-hybridized carbons (Fsp3) is 0.375. The topological polar surface area (TPSA) is 70.6 Å². The van der Waals surface area contributed by atoms with Crippen molar-refractivity contribution in [2.75, 3.05) is 12.3 Å². The van der Waals surface area contributed by atoms with E-state index in [1.54, 1.807) is 43.5 Å². The molecule has 1 rings (SSSR count). The van der Waals surface area contributed by atoms with Crippen LogP contribution in [-0.2, 0) is 9.84 Å². The Labute approximate surface area is 143 Å². The van der Waals surface area contributed by atoms with Crippen LogP contribution in [0.1, 0.15) is 26.3 Å². The highest BCUT2D eigenvalue weighted by Crippen LogP contribution is 2.12. The summed E-state index contributed by atoms with van der Waals surface area (Å²) in [5.74, 6) is 0.615. The minimum Gasteiger partial charge on any atom is -0.361 e. The van der Waals surface area contributed by atoms with Crippen molar-refractivity contribution in [1.29, 1.82) is 0 Å². The van der Waals surface area contributed by atoms with Crippen LogP contribution in [0, 0.1) is 5.92 Å². The average molecular weight is 354 g/mol. The quantitative estimate of drug-likeness (QED) is 0.448. The predicted molar refractivity (Wildman–Crippen MR) is 100 cm³/mol. The van der Waals surface area contributed by atoms with Crippen LogP contribution in [0.2, 0.25) is 0 Å². The molecule has 0 atom stereocenters. The number of thiocarbonyl (C=S) groups is 1. The minimum atomic E-state index is -3.15. The molecule has 0 aliphatic rings. The lowest BCUT2D eigenvalue weighted by Gasteiger charge is -2.08. The van der Waals surface area contributed by atoms with Crippen LogP contribution in [0.4, 0.5) is 0 Å². The fourth-order valence-corrected chi connectivity index (χ4v) is 2.60. The maximum atomic E-state index is 11.7. The van der Waals surface area contributed by atoms with Crippen molar-refractivity contribution < 1.29 is 8.42 Å². The molecular formula is C16H23N3O2S2. The van der Waals surface area contributed by atoms with Crippen LogP contribution in [0.5, 0.6) is 0 Å². The molecule has 0 unspecified atom stereocenters. The first-order chi connectivity index (χ1) is 10.8. The second-order valence-corrected chi connectivity index (χ2v) is 8.01. The zero-order valence-corrected chi connectivity index (χ0v) is 15.2. The van der Waals surface area contributed by atoms with E-state index in [4.69, 9.17) is 12.2 Å². The van der Waals surface area contributed by atoms with Gasteiger partial charge in [-0.1, -0.05) is 39.0 Å². The van der Waals surface area contributed by atoms with Crippen molar-refractivity contribution in [3.8, 4) is 0 Å². The smallest absolute Gasteiger partial charge is 0.186 e. The van der Waals surface area contributed by atoms with Gasteiger partial charge < -0.3 is 5.32 Å². The van der Waals surface area contributed by atoms with Crippen LogP contribution >= 0.6 is 12.2 Å². The second-order valence-electron chi connectivity index (χ2n) is 5.33. The molecule has 0 bridgehead atoms. The number of sulfone groups is 1. The van der Waals surface area contributed by atoms with Gasteiger partial charge in [-0.05, 0) is 41.9 Å². The summed E-state index contributed by atoms with van der Waals surface area (Å²) in [7, 11) is -3.15. The summed E-state index contributed by atoms with van der Waals surface area (Å²) in [6.45, 7) is 6.62. The standard InChI is InChI=1S/C16H23N3O2S2/c1-4-23(20,21)15-9-7-14(8-10-15)6-5-11-18-19-16(22)17-12-13(2)3/h5-11,13H,4,12H2,1-3H3,(H2,17,19,22)/b6-5+,18-11-. The maximum absolute atomic E-state index is 11.7. The summed E-state index contributed by atoms with van der Waals surface area (Å²) in [6.07, 6.45) is 5.17. The molecule has 0 aliphatic carbocycles. The van der Waals surface area contributed by atoms with E-state index >= 15 is 0 Å². The molecule has 0 amide bonds. The molecule has 2 N–H and O–H groups in total. The highest BCUT2D eigenvalue weighted by atomic mass is 32.2. The van der Waals surface area contributed by atoms with E-state index in [1.807, 2.05) is 6.08 Å². The van der Waals surface area contributed by atoms with Gasteiger partial charge in [-0.25, -0.2) is 8.42 Å². The van der Waals surface area contributed by atoms with Crippen LogP contribution in [-0.4, -0.2) is 32.0 Å². The monoisotopic (exact) mass is 353 g/mol. The molecule has 0 heterocycles. The van der Waals surface area contributed by atoms with Crippen molar-refractivity contribution in [1.82, 2.24) is 10.7 Å². The van der Waals surface area contributed by atoms with E-state index < -0.39 is 9.84 Å². The van der Waals surface area contributed by atoms with Crippen molar-refractivity contribution >= 4 is 39.5 Å². The van der Waals surface area contributed by atoms with Gasteiger partial charge in [0.05, 0.1) is 10.6 Å². The van der Waals surface area contributed by atoms with Gasteiger partial charge in [0.1, 0.15) is 0 Å². The largest absolute Gasteiger partial charge is 0.361 e. The second kappa shape index (κ2) is 9.42. The average Bonchev–Trinajstić information content (AvgIpc) is 2.53. The first kappa shape index (κ1) is 19.3. The summed E-state index contributed by atoms with van der Waals surface area (Å²) in [5.41, 5.74) is 3.62. The number of hydrogen-bond acceptors (Lipinski definition) is 4. The molecule has 1 aromatic rings. The Hall–Kier alpha value is -1.73. The van der Waals surface area contributed by atoms with Crippen molar-refractivity contribution in [3.05, 3.63) is 35.9 Å². The van der Waals surface area contributed by atoms with E-state index in [-0.39, 0.29) is 5.75 Å². The number of benzene rings is 1. The zero-order chi connectivity index (χ0) is 17.3. The SMILES string of the molecule is CCS(=O)(=O)c1ccc(/C=C/C=N\NC(=S)NCC(C)C)cc1. The third kappa shape index (κ3) is 7.38. The Morgan fingerprint density at radius 2 is 1.96 bits per heavy atom. The van der Waals surface area contributed by atoms with Crippen molar-refractivity contribution in [2.45, 2.75) is 25.7 Å². The first-order valence-corrected chi connectivity index (χ1v) is 9.47. The summed E-state index contributed by atoms with van der Waals surface area (Å²) in [4.78, 5) is 0.342. The molecule has 0 fully saturated rings. The summed E-state index contributed by atoms with van der Waals surface area (Å²) in [5, 5.41) is 7.50. The number of nitrogens with one attached hydrogen (secondary N) is 2. The minimum absolute atomic E-state index is 0.102. The van der Waals surface area contributed by atoms with E-state index in [0.717, 1.165) is 12.1 Å². The van der Waals surface area contributed by atoms with E-state index in [9.17, 15) is 8.42 Å². The molecule has 0 aromatic heterocycles.